The zero-order valence-corrected chi connectivity index (χ0v) is 10.5. The van der Waals surface area contributed by atoms with E-state index >= 15 is 0 Å². The van der Waals surface area contributed by atoms with E-state index in [1.54, 1.807) is 19.2 Å². The van der Waals surface area contributed by atoms with Crippen molar-refractivity contribution in [2.24, 2.45) is 7.05 Å². The zero-order valence-electron chi connectivity index (χ0n) is 10.5. The number of benzene rings is 1. The number of fused-ring (bicyclic) bond motifs is 1. The van der Waals surface area contributed by atoms with Crippen molar-refractivity contribution in [1.29, 1.82) is 0 Å². The van der Waals surface area contributed by atoms with Crippen LogP contribution in [0.5, 0.6) is 0 Å². The standard InChI is InChI=1S/C13H11F3N4/c1-20-12(17)6-11(19-20)10-5-7-4-8(13(14,15)16)2-3-9(7)18-10/h2-6,18H,17H2,1H3. The predicted molar refractivity (Wildman–Crippen MR) is 69.9 cm³/mol. The predicted octanol–water partition coefficient (Wildman–Crippen LogP) is 3.17. The molecule has 0 radical (unpaired) electrons. The van der Waals surface area contributed by atoms with Gasteiger partial charge in [-0.1, -0.05) is 0 Å². The second-order valence-corrected chi connectivity index (χ2v) is 4.56. The van der Waals surface area contributed by atoms with Crippen LogP contribution in [0.2, 0.25) is 0 Å². The number of nitrogens with one attached hydrogen (secondary N) is 1. The number of aromatic amines is 1. The van der Waals surface area contributed by atoms with E-state index in [4.69, 9.17) is 5.73 Å². The lowest BCUT2D eigenvalue weighted by atomic mass is 10.1. The highest BCUT2D eigenvalue weighted by molar-refractivity contribution is 5.86. The summed E-state index contributed by atoms with van der Waals surface area (Å²) >= 11 is 0. The van der Waals surface area contributed by atoms with Gasteiger partial charge in [0.15, 0.2) is 0 Å². The third-order valence-electron chi connectivity index (χ3n) is 3.14. The number of nitrogens with two attached hydrogens (primary N) is 1. The van der Waals surface area contributed by atoms with Crippen LogP contribution in [0.1, 0.15) is 5.56 Å². The molecular weight excluding hydrogens is 269 g/mol. The van der Waals surface area contributed by atoms with Gasteiger partial charge in [0, 0.05) is 24.0 Å². The molecular formula is C13H11F3N4. The molecule has 0 bridgehead atoms. The topological polar surface area (TPSA) is 59.6 Å². The van der Waals surface area contributed by atoms with Crippen LogP contribution in [0, 0.1) is 0 Å². The summed E-state index contributed by atoms with van der Waals surface area (Å²) in [5.74, 6) is 0.481. The third-order valence-corrected chi connectivity index (χ3v) is 3.14. The van der Waals surface area contributed by atoms with Gasteiger partial charge >= 0.3 is 6.18 Å². The highest BCUT2D eigenvalue weighted by Crippen LogP contribution is 2.32. The molecule has 0 aliphatic carbocycles. The first-order valence-corrected chi connectivity index (χ1v) is 5.84. The van der Waals surface area contributed by atoms with Gasteiger partial charge in [-0.15, -0.1) is 0 Å². The fourth-order valence-corrected chi connectivity index (χ4v) is 2.06. The molecule has 1 aromatic carbocycles. The van der Waals surface area contributed by atoms with E-state index in [2.05, 4.69) is 10.1 Å². The summed E-state index contributed by atoms with van der Waals surface area (Å²) in [6, 6.07) is 6.87. The minimum atomic E-state index is -4.35. The third kappa shape index (κ3) is 2.01. The Labute approximate surface area is 112 Å². The molecule has 0 atom stereocenters. The fourth-order valence-electron chi connectivity index (χ4n) is 2.06. The maximum Gasteiger partial charge on any atom is 0.416 e. The van der Waals surface area contributed by atoms with Crippen molar-refractivity contribution in [2.75, 3.05) is 5.73 Å². The van der Waals surface area contributed by atoms with Crippen molar-refractivity contribution >= 4 is 16.7 Å². The van der Waals surface area contributed by atoms with Gasteiger partial charge in [0.1, 0.15) is 11.5 Å². The van der Waals surface area contributed by atoms with Gasteiger partial charge in [-0.05, 0) is 24.3 Å². The van der Waals surface area contributed by atoms with Gasteiger partial charge in [0.2, 0.25) is 0 Å². The molecule has 2 heterocycles. The van der Waals surface area contributed by atoms with Crippen molar-refractivity contribution in [3.63, 3.8) is 0 Å². The summed E-state index contributed by atoms with van der Waals surface area (Å²) in [6.45, 7) is 0. The van der Waals surface area contributed by atoms with Gasteiger partial charge in [0.25, 0.3) is 0 Å². The van der Waals surface area contributed by atoms with E-state index in [9.17, 15) is 13.2 Å². The Hall–Kier alpha value is -2.44. The molecule has 2 aromatic heterocycles. The molecule has 0 aliphatic rings. The number of rotatable bonds is 1. The molecule has 3 rings (SSSR count). The average Bonchev–Trinajstić information content (AvgIpc) is 2.91. The summed E-state index contributed by atoms with van der Waals surface area (Å²) in [7, 11) is 1.70. The second-order valence-electron chi connectivity index (χ2n) is 4.56. The fraction of sp³-hybridized carbons (Fsp3) is 0.154. The van der Waals surface area contributed by atoms with Crippen LogP contribution in [-0.4, -0.2) is 14.8 Å². The monoisotopic (exact) mass is 280 g/mol. The highest BCUT2D eigenvalue weighted by atomic mass is 19.4. The summed E-state index contributed by atoms with van der Waals surface area (Å²) in [6.07, 6.45) is -4.35. The second kappa shape index (κ2) is 4.03. The number of halogens is 3. The lowest BCUT2D eigenvalue weighted by Gasteiger charge is -2.05. The minimum absolute atomic E-state index is 0.481. The molecule has 0 saturated heterocycles. The number of aromatic nitrogens is 3. The maximum atomic E-state index is 12.7. The van der Waals surface area contributed by atoms with Crippen LogP contribution in [0.3, 0.4) is 0 Å². The van der Waals surface area contributed by atoms with E-state index in [-0.39, 0.29) is 0 Å². The Morgan fingerprint density at radius 3 is 2.55 bits per heavy atom. The average molecular weight is 280 g/mol. The number of aryl methyl sites for hydroxylation is 1. The molecule has 0 saturated carbocycles. The van der Waals surface area contributed by atoms with E-state index in [1.807, 2.05) is 0 Å². The van der Waals surface area contributed by atoms with E-state index < -0.39 is 11.7 Å². The van der Waals surface area contributed by atoms with Gasteiger partial charge in [-0.25, -0.2) is 0 Å². The number of nitrogens with zero attached hydrogens (tertiary/aromatic N) is 2. The van der Waals surface area contributed by atoms with Crippen LogP contribution >= 0.6 is 0 Å². The first kappa shape index (κ1) is 12.6. The van der Waals surface area contributed by atoms with Gasteiger partial charge in [-0.2, -0.15) is 18.3 Å². The summed E-state index contributed by atoms with van der Waals surface area (Å²) in [5, 5.41) is 4.67. The quantitative estimate of drug-likeness (QED) is 0.719. The van der Waals surface area contributed by atoms with Gasteiger partial charge in [0.05, 0.1) is 11.3 Å². The lowest BCUT2D eigenvalue weighted by Crippen LogP contribution is -2.03. The van der Waals surface area contributed by atoms with Crippen LogP contribution < -0.4 is 5.73 Å². The summed E-state index contributed by atoms with van der Waals surface area (Å²) in [4.78, 5) is 3.03. The van der Waals surface area contributed by atoms with Gasteiger partial charge < -0.3 is 10.7 Å². The molecule has 3 N–H and O–H groups in total. The molecule has 104 valence electrons. The van der Waals surface area contributed by atoms with E-state index in [0.29, 0.717) is 28.1 Å². The summed E-state index contributed by atoms with van der Waals surface area (Å²) < 4.78 is 39.5. The molecule has 0 fully saturated rings. The number of hydrogen-bond donors (Lipinski definition) is 2. The molecule has 20 heavy (non-hydrogen) atoms. The van der Waals surface area contributed by atoms with Crippen LogP contribution in [0.4, 0.5) is 19.0 Å². The first-order valence-electron chi connectivity index (χ1n) is 5.84. The van der Waals surface area contributed by atoms with E-state index in [0.717, 1.165) is 12.1 Å². The molecule has 0 spiro atoms. The van der Waals surface area contributed by atoms with E-state index in [1.165, 1.54) is 10.7 Å². The minimum Gasteiger partial charge on any atom is -0.384 e. The molecule has 0 amide bonds. The largest absolute Gasteiger partial charge is 0.416 e. The normalized spacial score (nSPS) is 12.2. The van der Waals surface area contributed by atoms with Crippen LogP contribution in [0.15, 0.2) is 30.3 Å². The molecule has 0 unspecified atom stereocenters. The SMILES string of the molecule is Cn1nc(-c2cc3cc(C(F)(F)F)ccc3[nH]2)cc1N. The highest BCUT2D eigenvalue weighted by Gasteiger charge is 2.30. The Bertz CT molecular complexity index is 763. The Kier molecular flexibility index (Phi) is 2.53. The van der Waals surface area contributed by atoms with Crippen molar-refractivity contribution in [1.82, 2.24) is 14.8 Å². The molecule has 4 nitrogen and oxygen atoms in total. The molecule has 7 heteroatoms. The number of alkyl halides is 3. The zero-order chi connectivity index (χ0) is 14.5. The number of H-pyrrole nitrogens is 1. The van der Waals surface area contributed by atoms with Gasteiger partial charge in [-0.3, -0.25) is 4.68 Å². The number of anilines is 1. The summed E-state index contributed by atoms with van der Waals surface area (Å²) in [5.41, 5.74) is 6.87. The Balaban J connectivity index is 2.11. The molecule has 0 aliphatic heterocycles. The van der Waals surface area contributed by atoms with Crippen molar-refractivity contribution in [3.05, 3.63) is 35.9 Å². The first-order chi connectivity index (χ1) is 9.34. The smallest absolute Gasteiger partial charge is 0.384 e. The molecule has 3 aromatic rings. The maximum absolute atomic E-state index is 12.7. The number of nitrogen functional groups attached to an aromatic ring is 1. The van der Waals surface area contributed by atoms with Crippen molar-refractivity contribution < 1.29 is 13.2 Å². The Morgan fingerprint density at radius 1 is 1.20 bits per heavy atom. The van der Waals surface area contributed by atoms with Crippen molar-refractivity contribution in [3.8, 4) is 11.4 Å². The number of hydrogen-bond acceptors (Lipinski definition) is 2. The van der Waals surface area contributed by atoms with Crippen LogP contribution in [0.25, 0.3) is 22.3 Å². The Morgan fingerprint density at radius 2 is 1.95 bits per heavy atom. The van der Waals surface area contributed by atoms with Crippen molar-refractivity contribution in [2.45, 2.75) is 6.18 Å². The lowest BCUT2D eigenvalue weighted by molar-refractivity contribution is -0.137. The van der Waals surface area contributed by atoms with Crippen LogP contribution in [-0.2, 0) is 13.2 Å².